The van der Waals surface area contributed by atoms with Crippen molar-refractivity contribution in [2.45, 2.75) is 44.6 Å². The summed E-state index contributed by atoms with van der Waals surface area (Å²) in [5.41, 5.74) is 1.04. The Morgan fingerprint density at radius 3 is 2.64 bits per heavy atom. The van der Waals surface area contributed by atoms with Gasteiger partial charge in [0.05, 0.1) is 17.2 Å². The Morgan fingerprint density at radius 1 is 1.16 bits per heavy atom. The smallest absolute Gasteiger partial charge is 0.261 e. The number of benzene rings is 1. The summed E-state index contributed by atoms with van der Waals surface area (Å²) in [6.07, 6.45) is 7.22. The van der Waals surface area contributed by atoms with E-state index in [0.29, 0.717) is 35.9 Å². The molecule has 0 radical (unpaired) electrons. The number of hydrogen-bond donors (Lipinski definition) is 1. The number of carbonyl (C=O) groups excluding carboxylic acids is 3. The average Bonchev–Trinajstić information content (AvgIpc) is 2.86. The van der Waals surface area contributed by atoms with Gasteiger partial charge in [-0.15, -0.1) is 0 Å². The third-order valence-corrected chi connectivity index (χ3v) is 4.86. The molecule has 1 heterocycles. The van der Waals surface area contributed by atoms with Crippen molar-refractivity contribution in [1.82, 2.24) is 10.2 Å². The van der Waals surface area contributed by atoms with E-state index < -0.39 is 0 Å². The molecule has 2 aliphatic rings. The highest BCUT2D eigenvalue weighted by atomic mass is 16.5. The van der Waals surface area contributed by atoms with Gasteiger partial charge in [0.1, 0.15) is 0 Å². The van der Waals surface area contributed by atoms with Crippen molar-refractivity contribution in [1.29, 1.82) is 0 Å². The predicted octanol–water partition coefficient (Wildman–Crippen LogP) is 2.38. The Balaban J connectivity index is 1.46. The molecule has 25 heavy (non-hydrogen) atoms. The van der Waals surface area contributed by atoms with Gasteiger partial charge in [-0.3, -0.25) is 19.3 Å². The molecule has 0 unspecified atom stereocenters. The molecule has 1 fully saturated rings. The van der Waals surface area contributed by atoms with Crippen LogP contribution in [0.15, 0.2) is 18.2 Å². The molecule has 6 nitrogen and oxygen atoms in total. The Kier molecular flexibility index (Phi) is 5.48. The number of rotatable bonds is 6. The summed E-state index contributed by atoms with van der Waals surface area (Å²) < 4.78 is 5.83. The first-order valence-corrected chi connectivity index (χ1v) is 8.94. The van der Waals surface area contributed by atoms with Crippen LogP contribution >= 0.6 is 0 Å². The zero-order valence-electron chi connectivity index (χ0n) is 14.5. The summed E-state index contributed by atoms with van der Waals surface area (Å²) >= 11 is 0. The molecule has 134 valence electrons. The number of nitrogens with one attached hydrogen (secondary N) is 1. The SMILES string of the molecule is CN1C(=O)c2ccc(C(=O)NCCCOC3CCCCC3)cc2C1=O. The molecule has 1 aromatic carbocycles. The van der Waals surface area contributed by atoms with Crippen LogP contribution in [-0.4, -0.2) is 48.9 Å². The van der Waals surface area contributed by atoms with Gasteiger partial charge in [0.25, 0.3) is 17.7 Å². The highest BCUT2D eigenvalue weighted by molar-refractivity contribution is 6.21. The molecule has 1 aliphatic heterocycles. The molecule has 1 saturated carbocycles. The maximum Gasteiger partial charge on any atom is 0.261 e. The lowest BCUT2D eigenvalue weighted by Crippen LogP contribution is -2.26. The fraction of sp³-hybridized carbons (Fsp3) is 0.526. The molecule has 0 atom stereocenters. The number of fused-ring (bicyclic) bond motifs is 1. The molecule has 6 heteroatoms. The first kappa shape index (κ1) is 17.6. The van der Waals surface area contributed by atoms with E-state index in [9.17, 15) is 14.4 Å². The first-order valence-electron chi connectivity index (χ1n) is 8.94. The second kappa shape index (κ2) is 7.78. The topological polar surface area (TPSA) is 75.7 Å². The van der Waals surface area contributed by atoms with Crippen LogP contribution in [0.1, 0.15) is 69.6 Å². The molecular formula is C19H24N2O4. The first-order chi connectivity index (χ1) is 12.1. The Morgan fingerprint density at radius 2 is 1.88 bits per heavy atom. The van der Waals surface area contributed by atoms with E-state index in [-0.39, 0.29) is 17.7 Å². The lowest BCUT2D eigenvalue weighted by Gasteiger charge is -2.21. The van der Waals surface area contributed by atoms with Crippen molar-refractivity contribution >= 4 is 17.7 Å². The summed E-state index contributed by atoms with van der Waals surface area (Å²) in [4.78, 5) is 37.1. The van der Waals surface area contributed by atoms with E-state index in [1.165, 1.54) is 32.4 Å². The van der Waals surface area contributed by atoms with Crippen LogP contribution in [0.4, 0.5) is 0 Å². The molecule has 0 saturated heterocycles. The summed E-state index contributed by atoms with van der Waals surface area (Å²) in [6.45, 7) is 1.17. The zero-order chi connectivity index (χ0) is 17.8. The fourth-order valence-corrected chi connectivity index (χ4v) is 3.36. The number of amides is 3. The average molecular weight is 344 g/mol. The number of hydrogen-bond acceptors (Lipinski definition) is 4. The molecule has 1 aliphatic carbocycles. The van der Waals surface area contributed by atoms with Crippen LogP contribution in [-0.2, 0) is 4.74 Å². The number of nitrogens with zero attached hydrogens (tertiary/aromatic N) is 1. The van der Waals surface area contributed by atoms with Crippen molar-refractivity contribution in [3.8, 4) is 0 Å². The molecule has 0 aromatic heterocycles. The highest BCUT2D eigenvalue weighted by Gasteiger charge is 2.33. The largest absolute Gasteiger partial charge is 0.378 e. The van der Waals surface area contributed by atoms with Gasteiger partial charge in [0.15, 0.2) is 0 Å². The number of imide groups is 1. The highest BCUT2D eigenvalue weighted by Crippen LogP contribution is 2.23. The maximum atomic E-state index is 12.2. The van der Waals surface area contributed by atoms with Gasteiger partial charge >= 0.3 is 0 Å². The van der Waals surface area contributed by atoms with Gasteiger partial charge in [-0.2, -0.15) is 0 Å². The third-order valence-electron chi connectivity index (χ3n) is 4.86. The summed E-state index contributed by atoms with van der Waals surface area (Å²) in [5, 5.41) is 2.84. The number of carbonyl (C=O) groups is 3. The van der Waals surface area contributed by atoms with Crippen LogP contribution in [0.5, 0.6) is 0 Å². The minimum absolute atomic E-state index is 0.240. The third kappa shape index (κ3) is 3.90. The molecular weight excluding hydrogens is 320 g/mol. The Labute approximate surface area is 147 Å². The van der Waals surface area contributed by atoms with E-state index in [2.05, 4.69) is 5.32 Å². The van der Waals surface area contributed by atoms with Crippen LogP contribution in [0, 0.1) is 0 Å². The maximum absolute atomic E-state index is 12.2. The van der Waals surface area contributed by atoms with E-state index in [1.807, 2.05) is 0 Å². The minimum Gasteiger partial charge on any atom is -0.378 e. The summed E-state index contributed by atoms with van der Waals surface area (Å²) in [6, 6.07) is 4.62. The molecule has 0 bridgehead atoms. The number of ether oxygens (including phenoxy) is 1. The van der Waals surface area contributed by atoms with Crippen molar-refractivity contribution in [3.63, 3.8) is 0 Å². The van der Waals surface area contributed by atoms with Gasteiger partial charge in [-0.1, -0.05) is 19.3 Å². The standard InChI is InChI=1S/C19H24N2O4/c1-21-18(23)15-9-8-13(12-16(15)19(21)24)17(22)20-10-5-11-25-14-6-3-2-4-7-14/h8-9,12,14H,2-7,10-11H2,1H3,(H,20,22). The summed E-state index contributed by atoms with van der Waals surface area (Å²) in [5.74, 6) is -0.933. The molecule has 1 N–H and O–H groups in total. The van der Waals surface area contributed by atoms with Gasteiger partial charge in [0, 0.05) is 25.8 Å². The lowest BCUT2D eigenvalue weighted by molar-refractivity contribution is 0.0273. The van der Waals surface area contributed by atoms with Crippen molar-refractivity contribution in [2.24, 2.45) is 0 Å². The quantitative estimate of drug-likeness (QED) is 0.635. The molecule has 3 rings (SSSR count). The van der Waals surface area contributed by atoms with Crippen LogP contribution in [0.3, 0.4) is 0 Å². The molecule has 0 spiro atoms. The van der Waals surface area contributed by atoms with Crippen LogP contribution in [0.2, 0.25) is 0 Å². The second-order valence-electron chi connectivity index (χ2n) is 6.67. The van der Waals surface area contributed by atoms with E-state index >= 15 is 0 Å². The van der Waals surface area contributed by atoms with Crippen molar-refractivity contribution < 1.29 is 19.1 Å². The van der Waals surface area contributed by atoms with Gasteiger partial charge in [-0.25, -0.2) is 0 Å². The zero-order valence-corrected chi connectivity index (χ0v) is 14.5. The monoisotopic (exact) mass is 344 g/mol. The normalized spacial score (nSPS) is 17.7. The summed E-state index contributed by atoms with van der Waals surface area (Å²) in [7, 11) is 1.44. The van der Waals surface area contributed by atoms with Crippen LogP contribution < -0.4 is 5.32 Å². The van der Waals surface area contributed by atoms with Crippen LogP contribution in [0.25, 0.3) is 0 Å². The van der Waals surface area contributed by atoms with Gasteiger partial charge in [0.2, 0.25) is 0 Å². The van der Waals surface area contributed by atoms with E-state index in [0.717, 1.165) is 24.2 Å². The fourth-order valence-electron chi connectivity index (χ4n) is 3.36. The van der Waals surface area contributed by atoms with Crippen molar-refractivity contribution in [2.75, 3.05) is 20.2 Å². The Bertz CT molecular complexity index is 680. The van der Waals surface area contributed by atoms with E-state index in [1.54, 1.807) is 12.1 Å². The predicted molar refractivity (Wildman–Crippen MR) is 92.6 cm³/mol. The lowest BCUT2D eigenvalue weighted by atomic mass is 9.98. The molecule has 1 aromatic rings. The van der Waals surface area contributed by atoms with Crippen molar-refractivity contribution in [3.05, 3.63) is 34.9 Å². The van der Waals surface area contributed by atoms with Gasteiger partial charge < -0.3 is 10.1 Å². The molecule has 3 amide bonds. The Hall–Kier alpha value is -2.21. The van der Waals surface area contributed by atoms with Gasteiger partial charge in [-0.05, 0) is 37.5 Å². The second-order valence-corrected chi connectivity index (χ2v) is 6.67. The van der Waals surface area contributed by atoms with E-state index in [4.69, 9.17) is 4.74 Å². The minimum atomic E-state index is -0.365.